The van der Waals surface area contributed by atoms with E-state index in [1.54, 1.807) is 124 Å². The number of hydrogen-bond donors (Lipinski definition) is 10. The minimum atomic E-state index is -0.359. The summed E-state index contributed by atoms with van der Waals surface area (Å²) in [5.74, 6) is 0.713. The van der Waals surface area contributed by atoms with Gasteiger partial charge in [0, 0.05) is 139 Å². The quantitative estimate of drug-likeness (QED) is 0.0381. The number of anilines is 7. The smallest absolute Gasteiger partial charge is 0.321 e. The zero-order chi connectivity index (χ0) is 81.4. The van der Waals surface area contributed by atoms with Crippen LogP contribution in [0.15, 0.2) is 244 Å². The highest BCUT2D eigenvalue weighted by molar-refractivity contribution is 6.14. The molecular weight excluding hydrogens is 1500 g/mol. The molecule has 4 aromatic carbocycles. The highest BCUT2D eigenvalue weighted by Crippen LogP contribution is 2.34. The third-order valence-electron chi connectivity index (χ3n) is 18.8. The topological polar surface area (TPSA) is 411 Å². The average Bonchev–Trinajstić information content (AvgIpc) is 1.64. The second-order valence-corrected chi connectivity index (χ2v) is 27.9. The van der Waals surface area contributed by atoms with Gasteiger partial charge in [0.15, 0.2) is 22.8 Å². The van der Waals surface area contributed by atoms with E-state index in [1.807, 2.05) is 136 Å². The van der Waals surface area contributed by atoms with Crippen LogP contribution in [-0.2, 0) is 16.1 Å². The Labute approximate surface area is 673 Å². The van der Waals surface area contributed by atoms with Gasteiger partial charge in [0.2, 0.25) is 5.91 Å². The number of nitrogens with one attached hydrogen (secondary N) is 10. The van der Waals surface area contributed by atoms with E-state index in [-0.39, 0.29) is 52.9 Å². The molecule has 0 atom stereocenters. The molecule has 0 bridgehead atoms. The molecule has 118 heavy (non-hydrogen) atoms. The third-order valence-corrected chi connectivity index (χ3v) is 18.8. The summed E-state index contributed by atoms with van der Waals surface area (Å²) in [6.07, 6.45) is 22.4. The summed E-state index contributed by atoms with van der Waals surface area (Å²) in [6, 6.07) is 52.0. The number of amides is 7. The first-order valence-corrected chi connectivity index (χ1v) is 37.5. The highest BCUT2D eigenvalue weighted by Gasteiger charge is 2.30. The van der Waals surface area contributed by atoms with E-state index in [2.05, 4.69) is 134 Å². The number of urea groups is 1. The molecule has 1 saturated carbocycles. The van der Waals surface area contributed by atoms with Crippen molar-refractivity contribution in [2.45, 2.75) is 19.4 Å². The molecule has 1 saturated heterocycles. The van der Waals surface area contributed by atoms with Gasteiger partial charge in [0.25, 0.3) is 23.6 Å². The minimum absolute atomic E-state index is 0.0349. The Bertz CT molecular complexity index is 6100. The zero-order valence-corrected chi connectivity index (χ0v) is 64.2. The number of ether oxygens (including phenoxy) is 1. The van der Waals surface area contributed by atoms with E-state index < -0.39 is 0 Å². The number of benzene rings is 4. The molecule has 2 aliphatic rings. The molecule has 7 amide bonds. The summed E-state index contributed by atoms with van der Waals surface area (Å²) in [5, 5.41) is 47.9. The number of carbonyl (C=O) groups is 6. The number of rotatable bonds is 18. The fraction of sp³-hybridized carbons (Fsp3) is 0.140. The van der Waals surface area contributed by atoms with Crippen molar-refractivity contribution >= 4 is 120 Å². The minimum Gasteiger partial charge on any atom is -0.378 e. The van der Waals surface area contributed by atoms with Gasteiger partial charge in [-0.05, 0) is 176 Å². The van der Waals surface area contributed by atoms with Gasteiger partial charge in [0.1, 0.15) is 23.3 Å². The number of hydrogen-bond acceptors (Lipinski definition) is 21. The SMILES string of the molecule is CN(C)C(=O)Nc1cncc(-c2ccc3[nH]nc(C(=O)Nc4ccccn4)c3c2)c1.CN(C)Cc1cncc(-c2ccc3[nH]nc(C(=O)Nc4ccccn4)c3c2)c1.O=C(Nc1ccccn1)c1n[nH]c2ccc(-c3cncc(N4CCOCC4)c3)cc12.O=C(Nc1ccccn1)c1n[nH]c2ccc(-c3cncc(NC(=O)C4CC4)c3)cc12. The van der Waals surface area contributed by atoms with Crippen molar-refractivity contribution in [3.05, 3.63) is 273 Å². The summed E-state index contributed by atoms with van der Waals surface area (Å²) in [7, 11) is 7.38. The van der Waals surface area contributed by atoms with Crippen molar-refractivity contribution in [3.8, 4) is 44.5 Å². The molecule has 0 radical (unpaired) electrons. The van der Waals surface area contributed by atoms with Gasteiger partial charge >= 0.3 is 6.03 Å². The fourth-order valence-corrected chi connectivity index (χ4v) is 12.8. The summed E-state index contributed by atoms with van der Waals surface area (Å²) in [6.45, 7) is 3.96. The molecule has 0 spiro atoms. The number of morpholine rings is 1. The second-order valence-electron chi connectivity index (χ2n) is 27.9. The molecule has 0 unspecified atom stereocenters. The van der Waals surface area contributed by atoms with Crippen LogP contribution in [0.5, 0.6) is 0 Å². The fourth-order valence-electron chi connectivity index (χ4n) is 12.8. The van der Waals surface area contributed by atoms with Crippen LogP contribution < -0.4 is 36.8 Å². The summed E-state index contributed by atoms with van der Waals surface area (Å²) in [4.78, 5) is 114. The molecule has 12 aromatic heterocycles. The summed E-state index contributed by atoms with van der Waals surface area (Å²) >= 11 is 0. The molecule has 1 aliphatic heterocycles. The zero-order valence-electron chi connectivity index (χ0n) is 64.2. The van der Waals surface area contributed by atoms with E-state index >= 15 is 0 Å². The molecule has 2 fully saturated rings. The molecule has 588 valence electrons. The van der Waals surface area contributed by atoms with Gasteiger partial charge in [0.05, 0.1) is 70.9 Å². The number of H-pyrrole nitrogens is 4. The van der Waals surface area contributed by atoms with Crippen LogP contribution in [0, 0.1) is 5.92 Å². The van der Waals surface area contributed by atoms with Crippen molar-refractivity contribution in [1.82, 2.24) is 90.5 Å². The third kappa shape index (κ3) is 19.1. The normalized spacial score (nSPS) is 12.3. The highest BCUT2D eigenvalue weighted by atomic mass is 16.5. The Morgan fingerprint density at radius 2 is 0.746 bits per heavy atom. The van der Waals surface area contributed by atoms with Crippen molar-refractivity contribution in [1.29, 1.82) is 0 Å². The monoisotopic (exact) mass is 1570 g/mol. The van der Waals surface area contributed by atoms with Gasteiger partial charge < -0.3 is 51.3 Å². The van der Waals surface area contributed by atoms with E-state index in [1.165, 1.54) is 4.90 Å². The van der Waals surface area contributed by atoms with Crippen molar-refractivity contribution in [2.24, 2.45) is 5.92 Å². The van der Waals surface area contributed by atoms with Crippen molar-refractivity contribution in [2.75, 3.05) is 91.3 Å². The number of aromatic amines is 4. The Morgan fingerprint density at radius 3 is 1.10 bits per heavy atom. The number of carbonyl (C=O) groups excluding carboxylic acids is 6. The Morgan fingerprint density at radius 1 is 0.390 bits per heavy atom. The predicted octanol–water partition coefficient (Wildman–Crippen LogP) is 13.4. The molecule has 13 heterocycles. The van der Waals surface area contributed by atoms with Crippen LogP contribution >= 0.6 is 0 Å². The standard InChI is InChI=1S/C22H18N6O2.C22H20N6O2.C21H19N7O2.C21H20N6O/c29-21(13-4-5-13)25-16-9-15(11-23-12-16)14-6-7-18-17(10-14)20(28-27-18)22(30)26-19-3-1-2-8-24-19;29-22(25-20-3-1-2-6-24-20)21-18-12-15(4-5-19(18)26-27-21)16-11-17(14-23-13-16)28-7-9-30-10-8-28;1-28(2)21(30)24-15-9-14(11-22-12-15)13-6-7-17-16(10-13)19(27-26-17)20(29)25-18-5-3-4-8-23-18;1-27(2)13-14-9-16(12-22-11-14)15-6-7-18-17(10-15)20(26-25-18)21(28)24-19-5-3-4-8-23-19/h1-3,6-13H,4-5H2,(H,25,29)(H,27,28)(H,24,26,30);1-6,11-14H,7-10H2,(H,26,27)(H,24,25,29);3-12H,1-2H3,(H,24,30)(H,26,27)(H,23,25,29);3-12H,13H2,1-2H3,(H,25,26)(H,23,24,28). The second kappa shape index (κ2) is 36.0. The van der Waals surface area contributed by atoms with Gasteiger partial charge in [-0.15, -0.1) is 0 Å². The van der Waals surface area contributed by atoms with Crippen LogP contribution in [0.1, 0.15) is 60.4 Å². The molecule has 18 rings (SSSR count). The van der Waals surface area contributed by atoms with Gasteiger partial charge in [-0.25, -0.2) is 24.7 Å². The van der Waals surface area contributed by atoms with Gasteiger partial charge in [-0.2, -0.15) is 20.4 Å². The average molecular weight is 1570 g/mol. The Balaban J connectivity index is 0.000000123. The lowest BCUT2D eigenvalue weighted by atomic mass is 10.0. The molecule has 32 nitrogen and oxygen atoms in total. The first-order chi connectivity index (χ1) is 57.6. The molecule has 32 heteroatoms. The Kier molecular flexibility index (Phi) is 23.7. The maximum atomic E-state index is 12.7. The van der Waals surface area contributed by atoms with Crippen LogP contribution in [-0.4, -0.2) is 181 Å². The molecule has 10 N–H and O–H groups in total. The molecule has 16 aromatic rings. The molecular formula is C86H77N25O7. The van der Waals surface area contributed by atoms with Gasteiger partial charge in [-0.3, -0.25) is 64.3 Å². The van der Waals surface area contributed by atoms with Crippen LogP contribution in [0.3, 0.4) is 0 Å². The van der Waals surface area contributed by atoms with Gasteiger partial charge in [-0.1, -0.05) is 48.5 Å². The lowest BCUT2D eigenvalue weighted by Gasteiger charge is -2.28. The summed E-state index contributed by atoms with van der Waals surface area (Å²) < 4.78 is 5.44. The molecule has 1 aliphatic carbocycles. The number of nitrogens with zero attached hydrogens (tertiary/aromatic N) is 15. The van der Waals surface area contributed by atoms with Crippen LogP contribution in [0.4, 0.5) is 45.1 Å². The van der Waals surface area contributed by atoms with E-state index in [0.29, 0.717) is 56.8 Å². The van der Waals surface area contributed by atoms with Crippen molar-refractivity contribution < 1.29 is 33.5 Å². The van der Waals surface area contributed by atoms with Crippen LogP contribution in [0.25, 0.3) is 88.1 Å². The lowest BCUT2D eigenvalue weighted by molar-refractivity contribution is -0.117. The van der Waals surface area contributed by atoms with E-state index in [4.69, 9.17) is 4.74 Å². The number of pyridine rings is 8. The van der Waals surface area contributed by atoms with E-state index in [9.17, 15) is 28.8 Å². The lowest BCUT2D eigenvalue weighted by Crippen LogP contribution is -2.36. The Hall–Kier alpha value is -15.7. The first kappa shape index (κ1) is 77.6. The predicted molar refractivity (Wildman–Crippen MR) is 451 cm³/mol. The van der Waals surface area contributed by atoms with E-state index in [0.717, 1.165) is 134 Å². The van der Waals surface area contributed by atoms with Crippen molar-refractivity contribution in [3.63, 3.8) is 0 Å². The largest absolute Gasteiger partial charge is 0.378 e. The maximum absolute atomic E-state index is 12.7. The van der Waals surface area contributed by atoms with Crippen LogP contribution in [0.2, 0.25) is 0 Å². The summed E-state index contributed by atoms with van der Waals surface area (Å²) in [5.41, 5.74) is 15.0. The number of fused-ring (bicyclic) bond motifs is 4. The maximum Gasteiger partial charge on any atom is 0.321 e. The first-order valence-electron chi connectivity index (χ1n) is 37.5. The number of aromatic nitrogens is 16.